The number of hydrogen-bond donors (Lipinski definition) is 0. The van der Waals surface area contributed by atoms with Gasteiger partial charge >= 0.3 is 0 Å². The lowest BCUT2D eigenvalue weighted by molar-refractivity contribution is -0.113. The highest BCUT2D eigenvalue weighted by atomic mass is 19.1. The summed E-state index contributed by atoms with van der Waals surface area (Å²) in [7, 11) is 0. The molecular weight excluding hydrogens is 403 g/mol. The first-order valence-corrected chi connectivity index (χ1v) is 10.9. The van der Waals surface area contributed by atoms with Crippen LogP contribution < -0.4 is 4.90 Å². The zero-order valence-electron chi connectivity index (χ0n) is 17.4. The van der Waals surface area contributed by atoms with Gasteiger partial charge in [-0.1, -0.05) is 36.4 Å². The standard InChI is InChI=1S/C26H21FN4O/c27-20-8-3-7-19(13-20)22-9-4-12-30(22)26-11-10-25-28-16-23(31(25)29-26)21-14-17-5-1-2-6-18(17)15-24(21)32/h1-3,5-8,10-11,13-14,16,22H,4,9,12,15H2. The second-order valence-corrected chi connectivity index (χ2v) is 8.37. The van der Waals surface area contributed by atoms with Crippen molar-refractivity contribution >= 4 is 28.9 Å². The molecule has 0 spiro atoms. The average Bonchev–Trinajstić information content (AvgIpc) is 3.45. The number of rotatable bonds is 3. The zero-order valence-corrected chi connectivity index (χ0v) is 17.4. The van der Waals surface area contributed by atoms with Crippen molar-refractivity contribution in [2.24, 2.45) is 0 Å². The number of nitrogens with zero attached hydrogens (tertiary/aromatic N) is 4. The number of benzene rings is 2. The summed E-state index contributed by atoms with van der Waals surface area (Å²) in [6.07, 6.45) is 5.99. The molecule has 2 aromatic heterocycles. The van der Waals surface area contributed by atoms with E-state index < -0.39 is 0 Å². The van der Waals surface area contributed by atoms with Crippen molar-refractivity contribution in [2.75, 3.05) is 11.4 Å². The third-order valence-corrected chi connectivity index (χ3v) is 6.41. The summed E-state index contributed by atoms with van der Waals surface area (Å²) in [6, 6.07) is 18.7. The van der Waals surface area contributed by atoms with Gasteiger partial charge < -0.3 is 4.90 Å². The summed E-state index contributed by atoms with van der Waals surface area (Å²) in [5, 5.41) is 4.87. The molecule has 0 N–H and O–H groups in total. The van der Waals surface area contributed by atoms with Gasteiger partial charge in [0.15, 0.2) is 11.4 Å². The van der Waals surface area contributed by atoms with Crippen molar-refractivity contribution in [2.45, 2.75) is 25.3 Å². The molecule has 1 saturated heterocycles. The molecule has 5 nitrogen and oxygen atoms in total. The van der Waals surface area contributed by atoms with E-state index in [1.807, 2.05) is 48.5 Å². The molecule has 4 aromatic rings. The van der Waals surface area contributed by atoms with Crippen LogP contribution in [0.5, 0.6) is 0 Å². The lowest BCUT2D eigenvalue weighted by atomic mass is 9.90. The first-order valence-electron chi connectivity index (χ1n) is 10.9. The molecule has 1 unspecified atom stereocenters. The molecule has 2 aliphatic rings. The lowest BCUT2D eigenvalue weighted by Gasteiger charge is -2.26. The van der Waals surface area contributed by atoms with E-state index in [9.17, 15) is 9.18 Å². The Labute approximate surface area is 184 Å². The van der Waals surface area contributed by atoms with Gasteiger partial charge in [0.2, 0.25) is 0 Å². The number of allylic oxidation sites excluding steroid dienone is 1. The number of imidazole rings is 1. The van der Waals surface area contributed by atoms with Crippen molar-refractivity contribution in [1.82, 2.24) is 14.6 Å². The van der Waals surface area contributed by atoms with Crippen LogP contribution in [0.1, 0.15) is 41.3 Å². The highest BCUT2D eigenvalue weighted by Gasteiger charge is 2.28. The number of hydrogen-bond acceptors (Lipinski definition) is 4. The third kappa shape index (κ3) is 3.11. The lowest BCUT2D eigenvalue weighted by Crippen LogP contribution is -2.24. The van der Waals surface area contributed by atoms with Crippen LogP contribution in [0.15, 0.2) is 66.9 Å². The van der Waals surface area contributed by atoms with Crippen LogP contribution in [-0.2, 0) is 11.2 Å². The van der Waals surface area contributed by atoms with Gasteiger partial charge in [-0.2, -0.15) is 0 Å². The summed E-state index contributed by atoms with van der Waals surface area (Å²) >= 11 is 0. The molecule has 0 amide bonds. The Kier molecular flexibility index (Phi) is 4.38. The first kappa shape index (κ1) is 18.9. The van der Waals surface area contributed by atoms with Crippen LogP contribution in [0.2, 0.25) is 0 Å². The molecule has 6 heteroatoms. The first-order chi connectivity index (χ1) is 15.7. The molecule has 0 radical (unpaired) electrons. The van der Waals surface area contributed by atoms with Gasteiger partial charge in [0.1, 0.15) is 11.6 Å². The summed E-state index contributed by atoms with van der Waals surface area (Å²) < 4.78 is 15.6. The number of aromatic nitrogens is 3. The second-order valence-electron chi connectivity index (χ2n) is 8.37. The van der Waals surface area contributed by atoms with E-state index in [1.54, 1.807) is 22.8 Å². The van der Waals surface area contributed by atoms with Crippen LogP contribution in [-0.4, -0.2) is 26.9 Å². The number of ketones is 1. The van der Waals surface area contributed by atoms with Crippen LogP contribution in [0, 0.1) is 5.82 Å². The van der Waals surface area contributed by atoms with Crippen LogP contribution in [0.4, 0.5) is 10.2 Å². The Balaban J connectivity index is 1.42. The highest BCUT2D eigenvalue weighted by molar-refractivity contribution is 6.27. The van der Waals surface area contributed by atoms with E-state index >= 15 is 0 Å². The molecule has 158 valence electrons. The summed E-state index contributed by atoms with van der Waals surface area (Å²) in [6.45, 7) is 0.846. The minimum Gasteiger partial charge on any atom is -0.348 e. The molecule has 1 aliphatic carbocycles. The number of carbonyl (C=O) groups excluding carboxylic acids is 1. The number of halogens is 1. The second kappa shape index (κ2) is 7.41. The molecule has 32 heavy (non-hydrogen) atoms. The van der Waals surface area contributed by atoms with Crippen molar-refractivity contribution in [3.8, 4) is 0 Å². The molecular formula is C26H21FN4O. The maximum atomic E-state index is 13.8. The van der Waals surface area contributed by atoms with Crippen LogP contribution in [0.25, 0.3) is 17.3 Å². The minimum absolute atomic E-state index is 0.0662. The predicted molar refractivity (Wildman–Crippen MR) is 122 cm³/mol. The fraction of sp³-hybridized carbons (Fsp3) is 0.192. The Morgan fingerprint density at radius 3 is 2.84 bits per heavy atom. The fourth-order valence-electron chi connectivity index (χ4n) is 4.86. The molecule has 0 bridgehead atoms. The van der Waals surface area contributed by atoms with E-state index in [1.165, 1.54) is 6.07 Å². The van der Waals surface area contributed by atoms with E-state index in [0.29, 0.717) is 23.3 Å². The molecule has 2 aromatic carbocycles. The van der Waals surface area contributed by atoms with Gasteiger partial charge in [0, 0.05) is 18.5 Å². The fourth-order valence-corrected chi connectivity index (χ4v) is 4.86. The molecule has 1 fully saturated rings. The number of fused-ring (bicyclic) bond motifs is 2. The normalized spacial score (nSPS) is 18.2. The monoisotopic (exact) mass is 424 g/mol. The maximum absolute atomic E-state index is 13.8. The summed E-state index contributed by atoms with van der Waals surface area (Å²) in [5.41, 5.74) is 5.07. The number of Topliss-reactive ketones (excluding diaryl/α,β-unsaturated/α-hetero) is 1. The minimum atomic E-state index is -0.224. The molecule has 0 saturated carbocycles. The molecule has 1 atom stereocenters. The van der Waals surface area contributed by atoms with Crippen molar-refractivity contribution in [3.05, 3.63) is 95.1 Å². The van der Waals surface area contributed by atoms with Crippen LogP contribution >= 0.6 is 0 Å². The summed E-state index contributed by atoms with van der Waals surface area (Å²) in [4.78, 5) is 19.6. The summed E-state index contributed by atoms with van der Waals surface area (Å²) in [5.74, 6) is 0.641. The number of anilines is 1. The quantitative estimate of drug-likeness (QED) is 0.471. The third-order valence-electron chi connectivity index (χ3n) is 6.41. The number of carbonyl (C=O) groups is 1. The average molecular weight is 424 g/mol. The van der Waals surface area contributed by atoms with E-state index in [4.69, 9.17) is 5.10 Å². The van der Waals surface area contributed by atoms with Gasteiger partial charge in [-0.15, -0.1) is 5.10 Å². The SMILES string of the molecule is O=C1Cc2ccccc2C=C1c1cnc2ccc(N3CCCC3c3cccc(F)c3)nn12. The highest BCUT2D eigenvalue weighted by Crippen LogP contribution is 2.36. The van der Waals surface area contributed by atoms with E-state index in [2.05, 4.69) is 9.88 Å². The van der Waals surface area contributed by atoms with E-state index in [0.717, 1.165) is 41.9 Å². The molecule has 3 heterocycles. The topological polar surface area (TPSA) is 50.5 Å². The zero-order chi connectivity index (χ0) is 21.7. The Hall–Kier alpha value is -3.80. The van der Waals surface area contributed by atoms with Gasteiger partial charge in [-0.25, -0.2) is 13.9 Å². The smallest absolute Gasteiger partial charge is 0.169 e. The van der Waals surface area contributed by atoms with Crippen molar-refractivity contribution in [3.63, 3.8) is 0 Å². The molecule has 1 aliphatic heterocycles. The van der Waals surface area contributed by atoms with Crippen molar-refractivity contribution in [1.29, 1.82) is 0 Å². The Bertz CT molecular complexity index is 1390. The van der Waals surface area contributed by atoms with E-state index in [-0.39, 0.29) is 17.6 Å². The predicted octanol–water partition coefficient (Wildman–Crippen LogP) is 4.88. The van der Waals surface area contributed by atoms with Gasteiger partial charge in [-0.05, 0) is 59.9 Å². The largest absolute Gasteiger partial charge is 0.348 e. The van der Waals surface area contributed by atoms with Crippen molar-refractivity contribution < 1.29 is 9.18 Å². The Morgan fingerprint density at radius 1 is 1.03 bits per heavy atom. The van der Waals surface area contributed by atoms with Gasteiger partial charge in [0.25, 0.3) is 0 Å². The van der Waals surface area contributed by atoms with Crippen LogP contribution in [0.3, 0.4) is 0 Å². The maximum Gasteiger partial charge on any atom is 0.169 e. The molecule has 6 rings (SSSR count). The Morgan fingerprint density at radius 2 is 1.94 bits per heavy atom. The van der Waals surface area contributed by atoms with Gasteiger partial charge in [0.05, 0.1) is 17.9 Å². The van der Waals surface area contributed by atoms with Gasteiger partial charge in [-0.3, -0.25) is 4.79 Å².